The van der Waals surface area contributed by atoms with Crippen LogP contribution in [-0.2, 0) is 4.57 Å². The van der Waals surface area contributed by atoms with E-state index in [2.05, 4.69) is 6.92 Å². The Bertz CT molecular complexity index is 1270. The van der Waals surface area contributed by atoms with E-state index in [-0.39, 0.29) is 22.8 Å². The Kier molecular flexibility index (Phi) is 7.99. The van der Waals surface area contributed by atoms with Gasteiger partial charge in [-0.1, -0.05) is 38.0 Å². The summed E-state index contributed by atoms with van der Waals surface area (Å²) in [5.74, 6) is 0.461. The average molecular weight is 515 g/mol. The Morgan fingerprint density at radius 3 is 2.00 bits per heavy atom. The van der Waals surface area contributed by atoms with Crippen molar-refractivity contribution in [2.75, 3.05) is 0 Å². The summed E-state index contributed by atoms with van der Waals surface area (Å²) in [4.78, 5) is 18.9. The van der Waals surface area contributed by atoms with Crippen molar-refractivity contribution >= 4 is 12.9 Å². The van der Waals surface area contributed by atoms with Crippen molar-refractivity contribution in [3.63, 3.8) is 0 Å². The molecule has 4 rings (SSSR count). The van der Waals surface area contributed by atoms with E-state index in [9.17, 15) is 18.7 Å². The minimum Gasteiger partial charge on any atom is -0.454 e. The van der Waals surface area contributed by atoms with Crippen molar-refractivity contribution in [3.8, 4) is 22.6 Å². The molecule has 0 amide bonds. The first kappa shape index (κ1) is 26.5. The molecule has 0 aliphatic heterocycles. The molecule has 36 heavy (non-hydrogen) atoms. The van der Waals surface area contributed by atoms with E-state index < -0.39 is 13.4 Å². The second-order valence-electron chi connectivity index (χ2n) is 9.94. The molecule has 1 aliphatic carbocycles. The fourth-order valence-corrected chi connectivity index (χ4v) is 6.06. The lowest BCUT2D eigenvalue weighted by atomic mass is 9.77. The van der Waals surface area contributed by atoms with Crippen LogP contribution >= 0.6 is 7.60 Å². The van der Waals surface area contributed by atoms with Crippen LogP contribution in [0.3, 0.4) is 0 Å². The molecule has 0 unspecified atom stereocenters. The Balaban J connectivity index is 1.52. The van der Waals surface area contributed by atoms with Gasteiger partial charge in [-0.3, -0.25) is 4.57 Å². The zero-order valence-corrected chi connectivity index (χ0v) is 21.8. The number of benzene rings is 3. The summed E-state index contributed by atoms with van der Waals surface area (Å²) in [6, 6.07) is 12.3. The van der Waals surface area contributed by atoms with Gasteiger partial charge in [0.15, 0.2) is 11.6 Å². The van der Waals surface area contributed by atoms with Crippen LogP contribution in [0.4, 0.5) is 8.78 Å². The molecule has 192 valence electrons. The Labute approximate surface area is 211 Å². The van der Waals surface area contributed by atoms with Gasteiger partial charge >= 0.3 is 7.60 Å². The molecule has 1 fully saturated rings. The topological polar surface area (TPSA) is 66.8 Å². The van der Waals surface area contributed by atoms with E-state index >= 15 is 4.39 Å². The summed E-state index contributed by atoms with van der Waals surface area (Å²) >= 11 is 0. The number of halogens is 2. The third-order valence-corrected chi connectivity index (χ3v) is 8.17. The molecule has 0 spiro atoms. The number of hydrogen-bond acceptors (Lipinski definition) is 2. The lowest BCUT2D eigenvalue weighted by Gasteiger charge is -2.29. The normalized spacial score (nSPS) is 18.3. The maximum atomic E-state index is 15.1. The summed E-state index contributed by atoms with van der Waals surface area (Å²) in [6.45, 7) is 5.50. The molecule has 3 aromatic carbocycles. The molecule has 0 radical (unpaired) electrons. The molecule has 1 aliphatic rings. The van der Waals surface area contributed by atoms with Gasteiger partial charge in [-0.05, 0) is 110 Å². The zero-order chi connectivity index (χ0) is 26.0. The first-order valence-electron chi connectivity index (χ1n) is 12.5. The van der Waals surface area contributed by atoms with Gasteiger partial charge < -0.3 is 14.5 Å². The maximum absolute atomic E-state index is 15.1. The molecule has 0 saturated heterocycles. The van der Waals surface area contributed by atoms with Crippen molar-refractivity contribution in [1.82, 2.24) is 0 Å². The second-order valence-corrected chi connectivity index (χ2v) is 11.5. The van der Waals surface area contributed by atoms with Crippen molar-refractivity contribution in [3.05, 3.63) is 76.9 Å². The van der Waals surface area contributed by atoms with E-state index in [1.807, 2.05) is 12.1 Å². The van der Waals surface area contributed by atoms with Gasteiger partial charge in [0, 0.05) is 0 Å². The van der Waals surface area contributed by atoms with E-state index in [0.29, 0.717) is 28.0 Å². The summed E-state index contributed by atoms with van der Waals surface area (Å²) in [7, 11) is -4.41. The Morgan fingerprint density at radius 2 is 1.47 bits per heavy atom. The van der Waals surface area contributed by atoms with E-state index in [0.717, 1.165) is 37.2 Å². The standard InChI is InChI=1S/C29H33F2O4P/c1-4-5-20-6-8-21(9-7-20)25-12-10-22(16-26(25)30)23-11-13-28(27(31)17-23)35-29-18(2)14-24(15-19(29)3)36(32,33)34/h10-17,20-21H,4-9H2,1-3H3,(H2,32,33,34). The fourth-order valence-electron chi connectivity index (χ4n) is 5.34. The van der Waals surface area contributed by atoms with Crippen molar-refractivity contribution in [2.45, 2.75) is 65.2 Å². The highest BCUT2D eigenvalue weighted by atomic mass is 31.2. The van der Waals surface area contributed by atoms with E-state index in [1.165, 1.54) is 43.2 Å². The zero-order valence-electron chi connectivity index (χ0n) is 20.9. The molecule has 0 atom stereocenters. The van der Waals surface area contributed by atoms with Gasteiger partial charge in [0.25, 0.3) is 0 Å². The van der Waals surface area contributed by atoms with Crippen LogP contribution in [0.15, 0.2) is 48.5 Å². The Hall–Kier alpha value is -2.53. The van der Waals surface area contributed by atoms with E-state index in [4.69, 9.17) is 4.74 Å². The quantitative estimate of drug-likeness (QED) is 0.314. The third-order valence-electron chi connectivity index (χ3n) is 7.24. The van der Waals surface area contributed by atoms with Gasteiger partial charge in [0.05, 0.1) is 5.30 Å². The number of ether oxygens (including phenoxy) is 1. The molecule has 0 aromatic heterocycles. The molecule has 3 aromatic rings. The van der Waals surface area contributed by atoms with Crippen LogP contribution in [0.25, 0.3) is 11.1 Å². The van der Waals surface area contributed by atoms with Crippen molar-refractivity contribution in [2.24, 2.45) is 5.92 Å². The van der Waals surface area contributed by atoms with Crippen LogP contribution in [0.1, 0.15) is 68.1 Å². The van der Waals surface area contributed by atoms with Gasteiger partial charge in [-0.2, -0.15) is 0 Å². The smallest absolute Gasteiger partial charge is 0.356 e. The average Bonchev–Trinajstić information content (AvgIpc) is 2.82. The predicted molar refractivity (Wildman–Crippen MR) is 139 cm³/mol. The van der Waals surface area contributed by atoms with Gasteiger partial charge in [-0.15, -0.1) is 0 Å². The van der Waals surface area contributed by atoms with Crippen LogP contribution in [0.5, 0.6) is 11.5 Å². The molecule has 0 bridgehead atoms. The SMILES string of the molecule is CCCC1CCC(c2ccc(-c3ccc(Oc4c(C)cc(P(=O)(O)O)cc4C)c(F)c3)cc2F)CC1. The van der Waals surface area contributed by atoms with Gasteiger partial charge in [0.1, 0.15) is 11.6 Å². The van der Waals surface area contributed by atoms with E-state index in [1.54, 1.807) is 19.9 Å². The predicted octanol–water partition coefficient (Wildman–Crippen LogP) is 7.92. The largest absolute Gasteiger partial charge is 0.454 e. The lowest BCUT2D eigenvalue weighted by molar-refractivity contribution is 0.304. The molecular formula is C29H33F2O4P. The highest BCUT2D eigenvalue weighted by Crippen LogP contribution is 2.40. The summed E-state index contributed by atoms with van der Waals surface area (Å²) < 4.78 is 47.4. The van der Waals surface area contributed by atoms with Crippen molar-refractivity contribution < 1.29 is 27.9 Å². The summed E-state index contributed by atoms with van der Waals surface area (Å²) in [6.07, 6.45) is 6.75. The highest BCUT2D eigenvalue weighted by Gasteiger charge is 2.24. The van der Waals surface area contributed by atoms with Crippen LogP contribution in [0.2, 0.25) is 0 Å². The minimum absolute atomic E-state index is 0.0187. The van der Waals surface area contributed by atoms with Crippen LogP contribution in [0, 0.1) is 31.4 Å². The lowest BCUT2D eigenvalue weighted by Crippen LogP contribution is -2.14. The summed E-state index contributed by atoms with van der Waals surface area (Å²) in [5, 5.41) is -0.111. The van der Waals surface area contributed by atoms with Gasteiger partial charge in [0.2, 0.25) is 0 Å². The van der Waals surface area contributed by atoms with Crippen LogP contribution in [-0.4, -0.2) is 9.79 Å². The Morgan fingerprint density at radius 1 is 0.889 bits per heavy atom. The maximum Gasteiger partial charge on any atom is 0.356 e. The second kappa shape index (κ2) is 10.8. The third kappa shape index (κ3) is 5.88. The van der Waals surface area contributed by atoms with Gasteiger partial charge in [-0.25, -0.2) is 8.78 Å². The fraction of sp³-hybridized carbons (Fsp3) is 0.379. The molecule has 0 heterocycles. The molecule has 7 heteroatoms. The first-order chi connectivity index (χ1) is 17.1. The van der Waals surface area contributed by atoms with Crippen molar-refractivity contribution in [1.29, 1.82) is 0 Å². The molecule has 2 N–H and O–H groups in total. The highest BCUT2D eigenvalue weighted by molar-refractivity contribution is 7.60. The molecule has 4 nitrogen and oxygen atoms in total. The van der Waals surface area contributed by atoms with Crippen LogP contribution < -0.4 is 10.0 Å². The molecule has 1 saturated carbocycles. The summed E-state index contributed by atoms with van der Waals surface area (Å²) in [5.41, 5.74) is 2.86. The minimum atomic E-state index is -4.41. The number of aryl methyl sites for hydroxylation is 2. The number of rotatable bonds is 7. The number of hydrogen-bond donors (Lipinski definition) is 2. The molecular weight excluding hydrogens is 481 g/mol. The first-order valence-corrected chi connectivity index (χ1v) is 14.1. The monoisotopic (exact) mass is 514 g/mol.